The van der Waals surface area contributed by atoms with Gasteiger partial charge in [-0.05, 0) is 30.2 Å². The normalized spacial score (nSPS) is 10.7. The number of nitrogens with zero attached hydrogens (tertiary/aromatic N) is 1. The predicted octanol–water partition coefficient (Wildman–Crippen LogP) is 2.48. The number of amides is 1. The van der Waals surface area contributed by atoms with Crippen LogP contribution in [0.3, 0.4) is 0 Å². The molecule has 21 heavy (non-hydrogen) atoms. The first-order valence-electron chi connectivity index (χ1n) is 6.24. The van der Waals surface area contributed by atoms with Gasteiger partial charge >= 0.3 is 5.97 Å². The second-order valence-corrected chi connectivity index (χ2v) is 5.22. The van der Waals surface area contributed by atoms with Crippen LogP contribution in [0.1, 0.15) is 26.5 Å². The minimum atomic E-state index is -0.991. The van der Waals surface area contributed by atoms with Gasteiger partial charge in [-0.3, -0.25) is 4.79 Å². The third-order valence-electron chi connectivity index (χ3n) is 2.77. The van der Waals surface area contributed by atoms with Crippen molar-refractivity contribution in [2.75, 3.05) is 0 Å². The lowest BCUT2D eigenvalue weighted by Gasteiger charge is -2.05. The van der Waals surface area contributed by atoms with Gasteiger partial charge in [0.25, 0.3) is 5.91 Å². The fourth-order valence-electron chi connectivity index (χ4n) is 1.76. The molecule has 108 valence electrons. The first kappa shape index (κ1) is 14.9. The average Bonchev–Trinajstić information content (AvgIpc) is 2.89. The maximum Gasteiger partial charge on any atom is 0.328 e. The molecule has 0 aliphatic rings. The zero-order chi connectivity index (χ0) is 15.2. The first-order valence-corrected chi connectivity index (χ1v) is 7.12. The number of benzene rings is 1. The SMILES string of the molecule is Cc1ncsc1C(=O)NCc1cccc(C=CC(=O)O)c1. The van der Waals surface area contributed by atoms with E-state index in [2.05, 4.69) is 10.3 Å². The molecular formula is C15H14N2O3S. The summed E-state index contributed by atoms with van der Waals surface area (Å²) in [6.45, 7) is 2.17. The van der Waals surface area contributed by atoms with E-state index in [9.17, 15) is 9.59 Å². The maximum atomic E-state index is 12.0. The van der Waals surface area contributed by atoms with Crippen molar-refractivity contribution in [3.8, 4) is 0 Å². The molecule has 2 rings (SSSR count). The molecule has 5 nitrogen and oxygen atoms in total. The molecule has 2 N–H and O–H groups in total. The molecule has 0 unspecified atom stereocenters. The highest BCUT2D eigenvalue weighted by atomic mass is 32.1. The summed E-state index contributed by atoms with van der Waals surface area (Å²) in [6.07, 6.45) is 2.60. The highest BCUT2D eigenvalue weighted by Gasteiger charge is 2.10. The molecule has 2 aromatic rings. The fraction of sp³-hybridized carbons (Fsp3) is 0.133. The number of rotatable bonds is 5. The number of aromatic nitrogens is 1. The van der Waals surface area contributed by atoms with Crippen molar-refractivity contribution in [3.05, 3.63) is 57.6 Å². The Balaban J connectivity index is 2.00. The fourth-order valence-corrected chi connectivity index (χ4v) is 2.48. The van der Waals surface area contributed by atoms with Crippen LogP contribution >= 0.6 is 11.3 Å². The Labute approximate surface area is 126 Å². The number of carbonyl (C=O) groups excluding carboxylic acids is 1. The van der Waals surface area contributed by atoms with Crippen LogP contribution in [-0.2, 0) is 11.3 Å². The zero-order valence-corrected chi connectivity index (χ0v) is 12.2. The Morgan fingerprint density at radius 2 is 2.24 bits per heavy atom. The number of aliphatic carboxylic acids is 1. The summed E-state index contributed by atoms with van der Waals surface area (Å²) in [5, 5.41) is 11.4. The van der Waals surface area contributed by atoms with E-state index in [-0.39, 0.29) is 5.91 Å². The maximum absolute atomic E-state index is 12.0. The Morgan fingerprint density at radius 3 is 2.90 bits per heavy atom. The summed E-state index contributed by atoms with van der Waals surface area (Å²) in [5.41, 5.74) is 4.04. The zero-order valence-electron chi connectivity index (χ0n) is 11.4. The molecule has 0 saturated carbocycles. The molecule has 1 amide bonds. The monoisotopic (exact) mass is 302 g/mol. The molecule has 0 radical (unpaired) electrons. The van der Waals surface area contributed by atoms with Gasteiger partial charge in [-0.2, -0.15) is 0 Å². The van der Waals surface area contributed by atoms with Crippen molar-refractivity contribution in [3.63, 3.8) is 0 Å². The third-order valence-corrected chi connectivity index (χ3v) is 3.70. The highest BCUT2D eigenvalue weighted by Crippen LogP contribution is 2.12. The number of hydrogen-bond donors (Lipinski definition) is 2. The number of thiazole rings is 1. The van der Waals surface area contributed by atoms with Gasteiger partial charge in [0.05, 0.1) is 11.2 Å². The highest BCUT2D eigenvalue weighted by molar-refractivity contribution is 7.11. The molecule has 6 heteroatoms. The number of carboxylic acids is 1. The summed E-state index contributed by atoms with van der Waals surface area (Å²) in [7, 11) is 0. The Bertz CT molecular complexity index is 692. The number of nitrogens with one attached hydrogen (secondary N) is 1. The van der Waals surface area contributed by atoms with Crippen molar-refractivity contribution in [2.45, 2.75) is 13.5 Å². The van der Waals surface area contributed by atoms with E-state index in [0.29, 0.717) is 11.4 Å². The third kappa shape index (κ3) is 4.25. The molecule has 0 bridgehead atoms. The second-order valence-electron chi connectivity index (χ2n) is 4.37. The van der Waals surface area contributed by atoms with E-state index in [1.807, 2.05) is 18.2 Å². The van der Waals surface area contributed by atoms with E-state index in [1.165, 1.54) is 17.4 Å². The number of aryl methyl sites for hydroxylation is 1. The Kier molecular flexibility index (Phi) is 4.84. The second kappa shape index (κ2) is 6.81. The first-order chi connectivity index (χ1) is 10.1. The van der Waals surface area contributed by atoms with Crippen molar-refractivity contribution in [2.24, 2.45) is 0 Å². The largest absolute Gasteiger partial charge is 0.478 e. The van der Waals surface area contributed by atoms with Gasteiger partial charge in [0, 0.05) is 12.6 Å². The Hall–Kier alpha value is -2.47. The van der Waals surface area contributed by atoms with Crippen molar-refractivity contribution >= 4 is 29.3 Å². The molecule has 0 atom stereocenters. The van der Waals surface area contributed by atoms with E-state index in [1.54, 1.807) is 18.5 Å². The molecule has 0 aliphatic heterocycles. The molecule has 0 saturated heterocycles. The lowest BCUT2D eigenvalue weighted by atomic mass is 10.1. The van der Waals surface area contributed by atoms with Crippen LogP contribution in [0.4, 0.5) is 0 Å². The van der Waals surface area contributed by atoms with E-state index in [4.69, 9.17) is 5.11 Å². The van der Waals surface area contributed by atoms with Crippen molar-refractivity contribution < 1.29 is 14.7 Å². The van der Waals surface area contributed by atoms with Gasteiger partial charge < -0.3 is 10.4 Å². The quantitative estimate of drug-likeness (QED) is 0.832. The van der Waals surface area contributed by atoms with Crippen LogP contribution < -0.4 is 5.32 Å². The van der Waals surface area contributed by atoms with Crippen LogP contribution in [0.15, 0.2) is 35.9 Å². The molecule has 1 aromatic carbocycles. The summed E-state index contributed by atoms with van der Waals surface area (Å²) < 4.78 is 0. The van der Waals surface area contributed by atoms with Gasteiger partial charge in [-0.15, -0.1) is 11.3 Å². The Morgan fingerprint density at radius 1 is 1.43 bits per heavy atom. The molecule has 0 spiro atoms. The summed E-state index contributed by atoms with van der Waals surface area (Å²) in [5.74, 6) is -1.14. The molecule has 1 heterocycles. The van der Waals surface area contributed by atoms with Crippen LogP contribution in [0.5, 0.6) is 0 Å². The van der Waals surface area contributed by atoms with Crippen LogP contribution in [0, 0.1) is 6.92 Å². The van der Waals surface area contributed by atoms with Gasteiger partial charge in [0.15, 0.2) is 0 Å². The van der Waals surface area contributed by atoms with E-state index >= 15 is 0 Å². The van der Waals surface area contributed by atoms with Crippen molar-refractivity contribution in [1.29, 1.82) is 0 Å². The molecular weight excluding hydrogens is 288 g/mol. The van der Waals surface area contributed by atoms with Crippen LogP contribution in [0.25, 0.3) is 6.08 Å². The van der Waals surface area contributed by atoms with Crippen LogP contribution in [-0.4, -0.2) is 22.0 Å². The van der Waals surface area contributed by atoms with Crippen LogP contribution in [0.2, 0.25) is 0 Å². The summed E-state index contributed by atoms with van der Waals surface area (Å²) in [6, 6.07) is 7.33. The van der Waals surface area contributed by atoms with Gasteiger partial charge in [0.1, 0.15) is 4.88 Å². The number of carbonyl (C=O) groups is 2. The van der Waals surface area contributed by atoms with Gasteiger partial charge in [0.2, 0.25) is 0 Å². The van der Waals surface area contributed by atoms with Crippen molar-refractivity contribution in [1.82, 2.24) is 10.3 Å². The molecule has 1 aromatic heterocycles. The summed E-state index contributed by atoms with van der Waals surface area (Å²) in [4.78, 5) is 27.1. The van der Waals surface area contributed by atoms with E-state index < -0.39 is 5.97 Å². The smallest absolute Gasteiger partial charge is 0.328 e. The van der Waals surface area contributed by atoms with E-state index in [0.717, 1.165) is 22.9 Å². The lowest BCUT2D eigenvalue weighted by molar-refractivity contribution is -0.131. The minimum absolute atomic E-state index is 0.151. The number of carboxylic acid groups (broad SMARTS) is 1. The van der Waals surface area contributed by atoms with Gasteiger partial charge in [-0.25, -0.2) is 9.78 Å². The lowest BCUT2D eigenvalue weighted by Crippen LogP contribution is -2.22. The van der Waals surface area contributed by atoms with Gasteiger partial charge in [-0.1, -0.05) is 18.2 Å². The molecule has 0 aliphatic carbocycles. The number of hydrogen-bond acceptors (Lipinski definition) is 4. The molecule has 0 fully saturated rings. The predicted molar refractivity (Wildman–Crippen MR) is 81.1 cm³/mol. The standard InChI is InChI=1S/C15H14N2O3S/c1-10-14(21-9-17-10)15(20)16-8-12-4-2-3-11(7-12)5-6-13(18)19/h2-7,9H,8H2,1H3,(H,16,20)(H,18,19). The topological polar surface area (TPSA) is 79.3 Å². The average molecular weight is 302 g/mol. The minimum Gasteiger partial charge on any atom is -0.478 e. The summed E-state index contributed by atoms with van der Waals surface area (Å²) >= 11 is 1.31.